The Balaban J connectivity index is 1.64. The van der Waals surface area contributed by atoms with E-state index in [0.29, 0.717) is 0 Å². The number of esters is 1. The molecule has 0 saturated carbocycles. The van der Waals surface area contributed by atoms with Crippen LogP contribution in [0.25, 0.3) is 0 Å². The SMILES string of the molecule is CCOP(=O)(OCC)[C@]1(C(=O)OC)O[C@H](COCc2ccccc2)[C@H](OCc2ccccc2)[C@H](OCc2ccccc2)[C@H]1OCc1ccccc1. The van der Waals surface area contributed by atoms with Crippen molar-refractivity contribution in [2.75, 3.05) is 26.9 Å². The van der Waals surface area contributed by atoms with E-state index in [1.807, 2.05) is 121 Å². The second-order valence-electron chi connectivity index (χ2n) is 11.9. The van der Waals surface area contributed by atoms with E-state index in [1.54, 1.807) is 13.8 Å². The molecule has 1 saturated heterocycles. The minimum Gasteiger partial charge on any atom is -0.466 e. The first-order valence-electron chi connectivity index (χ1n) is 17.2. The number of ether oxygens (including phenoxy) is 6. The van der Waals surface area contributed by atoms with Gasteiger partial charge < -0.3 is 37.5 Å². The Hall–Kier alpha value is -3.70. The van der Waals surface area contributed by atoms with Crippen LogP contribution in [0.1, 0.15) is 36.1 Å². The molecule has 0 unspecified atom stereocenters. The van der Waals surface area contributed by atoms with Crippen LogP contribution >= 0.6 is 7.60 Å². The van der Waals surface area contributed by atoms with Crippen LogP contribution in [0.15, 0.2) is 121 Å². The van der Waals surface area contributed by atoms with E-state index in [1.165, 1.54) is 7.11 Å². The molecule has 1 aliphatic rings. The number of carbonyl (C=O) groups is 1. The third-order valence-corrected chi connectivity index (χ3v) is 11.0. The van der Waals surface area contributed by atoms with Crippen molar-refractivity contribution in [3.05, 3.63) is 144 Å². The van der Waals surface area contributed by atoms with Crippen molar-refractivity contribution in [1.29, 1.82) is 0 Å². The fourth-order valence-electron chi connectivity index (χ4n) is 6.06. The van der Waals surface area contributed by atoms with Crippen molar-refractivity contribution in [2.24, 2.45) is 0 Å². The summed E-state index contributed by atoms with van der Waals surface area (Å²) in [6.45, 7) is 3.70. The fraction of sp³-hybridized carbons (Fsp3) is 0.375. The van der Waals surface area contributed by atoms with Gasteiger partial charge in [0, 0.05) is 0 Å². The summed E-state index contributed by atoms with van der Waals surface area (Å²) < 4.78 is 65.5. The maximum atomic E-state index is 15.2. The van der Waals surface area contributed by atoms with E-state index in [0.717, 1.165) is 22.3 Å². The molecule has 0 amide bonds. The van der Waals surface area contributed by atoms with E-state index >= 15 is 4.57 Å². The topological polar surface area (TPSA) is 108 Å². The molecule has 5 rings (SSSR count). The molecular weight excluding hydrogens is 671 g/mol. The molecular formula is C40H47O10P. The third-order valence-electron chi connectivity index (χ3n) is 8.42. The van der Waals surface area contributed by atoms with Gasteiger partial charge in [-0.25, -0.2) is 4.79 Å². The van der Waals surface area contributed by atoms with Crippen LogP contribution < -0.4 is 0 Å². The Kier molecular flexibility index (Phi) is 14.5. The summed E-state index contributed by atoms with van der Waals surface area (Å²) in [5, 5.41) is -2.43. The molecule has 1 fully saturated rings. The molecule has 4 aromatic rings. The monoisotopic (exact) mass is 718 g/mol. The molecule has 0 radical (unpaired) electrons. The van der Waals surface area contributed by atoms with E-state index in [9.17, 15) is 4.79 Å². The molecule has 0 N–H and O–H groups in total. The second kappa shape index (κ2) is 19.2. The summed E-state index contributed by atoms with van der Waals surface area (Å²) in [4.78, 5) is 14.4. The van der Waals surface area contributed by atoms with Crippen LogP contribution in [0.2, 0.25) is 0 Å². The molecule has 11 heteroatoms. The van der Waals surface area contributed by atoms with Gasteiger partial charge in [0.1, 0.15) is 24.4 Å². The Labute approximate surface area is 300 Å². The average molecular weight is 719 g/mol. The predicted octanol–water partition coefficient (Wildman–Crippen LogP) is 7.49. The highest BCUT2D eigenvalue weighted by Crippen LogP contribution is 2.65. The van der Waals surface area contributed by atoms with Crippen LogP contribution in [0.5, 0.6) is 0 Å². The van der Waals surface area contributed by atoms with Crippen molar-refractivity contribution in [1.82, 2.24) is 0 Å². The Morgan fingerprint density at radius 2 is 1.04 bits per heavy atom. The first-order chi connectivity index (χ1) is 24.9. The van der Waals surface area contributed by atoms with Crippen LogP contribution in [0.3, 0.4) is 0 Å². The number of benzene rings is 4. The maximum absolute atomic E-state index is 15.2. The second-order valence-corrected chi connectivity index (χ2v) is 14.1. The van der Waals surface area contributed by atoms with Gasteiger partial charge >= 0.3 is 13.6 Å². The normalized spacial score (nSPS) is 22.0. The summed E-state index contributed by atoms with van der Waals surface area (Å²) in [5.74, 6) is -0.992. The summed E-state index contributed by atoms with van der Waals surface area (Å²) >= 11 is 0. The summed E-state index contributed by atoms with van der Waals surface area (Å²) in [6.07, 6.45) is -4.38. The van der Waals surface area contributed by atoms with Gasteiger partial charge in [-0.05, 0) is 36.1 Å². The van der Waals surface area contributed by atoms with Gasteiger partial charge in [0.2, 0.25) is 0 Å². The largest absolute Gasteiger partial charge is 0.466 e. The van der Waals surface area contributed by atoms with Crippen LogP contribution in [-0.2, 0) is 73.3 Å². The molecule has 10 nitrogen and oxygen atoms in total. The zero-order valence-electron chi connectivity index (χ0n) is 29.3. The van der Waals surface area contributed by atoms with Gasteiger partial charge in [0.25, 0.3) is 5.34 Å². The lowest BCUT2D eigenvalue weighted by Crippen LogP contribution is -2.70. The molecule has 51 heavy (non-hydrogen) atoms. The van der Waals surface area contributed by atoms with Crippen molar-refractivity contribution < 1.29 is 46.8 Å². The fourth-order valence-corrected chi connectivity index (χ4v) is 8.32. The molecule has 1 heterocycles. The third kappa shape index (κ3) is 9.60. The van der Waals surface area contributed by atoms with Gasteiger partial charge in [-0.15, -0.1) is 0 Å². The summed E-state index contributed by atoms with van der Waals surface area (Å²) in [6, 6.07) is 38.4. The Morgan fingerprint density at radius 1 is 0.627 bits per heavy atom. The highest BCUT2D eigenvalue weighted by molar-refractivity contribution is 7.56. The minimum absolute atomic E-state index is 0.0115. The molecule has 0 spiro atoms. The first-order valence-corrected chi connectivity index (χ1v) is 18.7. The van der Waals surface area contributed by atoms with Crippen molar-refractivity contribution in [3.63, 3.8) is 0 Å². The quantitative estimate of drug-likeness (QED) is 0.0715. The number of methoxy groups -OCH3 is 1. The van der Waals surface area contributed by atoms with E-state index in [2.05, 4.69) is 0 Å². The summed E-state index contributed by atoms with van der Waals surface area (Å²) in [5.41, 5.74) is 3.51. The van der Waals surface area contributed by atoms with Crippen LogP contribution in [0.4, 0.5) is 0 Å². The smallest absolute Gasteiger partial charge is 0.376 e. The lowest BCUT2D eigenvalue weighted by atomic mass is 9.93. The van der Waals surface area contributed by atoms with E-state index in [4.69, 9.17) is 37.5 Å². The maximum Gasteiger partial charge on any atom is 0.376 e. The molecule has 0 aliphatic carbocycles. The van der Waals surface area contributed by atoms with Gasteiger partial charge in [0.05, 0.1) is 53.4 Å². The molecule has 272 valence electrons. The highest BCUT2D eigenvalue weighted by Gasteiger charge is 2.72. The van der Waals surface area contributed by atoms with Crippen LogP contribution in [0, 0.1) is 0 Å². The molecule has 0 bridgehead atoms. The number of carbonyl (C=O) groups excluding carboxylic acids is 1. The van der Waals surface area contributed by atoms with Gasteiger partial charge in [-0.1, -0.05) is 121 Å². The minimum atomic E-state index is -4.55. The number of hydrogen-bond donors (Lipinski definition) is 0. The molecule has 5 atom stereocenters. The molecule has 1 aliphatic heterocycles. The zero-order chi connectivity index (χ0) is 35.9. The lowest BCUT2D eigenvalue weighted by Gasteiger charge is -2.52. The standard InChI is InChI=1S/C40H47O10P/c1-4-48-51(42,49-5-2)40(39(41)43-3)38(47-29-34-24-16-9-17-25-34)37(46-28-33-22-14-8-15-23-33)36(45-27-32-20-12-7-13-21-32)35(50-40)30-44-26-31-18-10-6-11-19-31/h6-25,35-38H,4-5,26-30H2,1-3H3/t35-,36+,37+,38-,40-/m1/s1. The van der Waals surface area contributed by atoms with Crippen molar-refractivity contribution in [2.45, 2.75) is 70.0 Å². The van der Waals surface area contributed by atoms with E-state index < -0.39 is 43.3 Å². The van der Waals surface area contributed by atoms with Gasteiger partial charge in [-0.3, -0.25) is 4.57 Å². The van der Waals surface area contributed by atoms with Crippen molar-refractivity contribution >= 4 is 13.6 Å². The zero-order valence-corrected chi connectivity index (χ0v) is 30.2. The highest BCUT2D eigenvalue weighted by atomic mass is 31.2. The van der Waals surface area contributed by atoms with E-state index in [-0.39, 0.29) is 46.2 Å². The Bertz CT molecular complexity index is 1630. The Morgan fingerprint density at radius 3 is 1.47 bits per heavy atom. The lowest BCUT2D eigenvalue weighted by molar-refractivity contribution is -0.287. The number of rotatable bonds is 19. The van der Waals surface area contributed by atoms with Gasteiger partial charge in [0.15, 0.2) is 0 Å². The van der Waals surface area contributed by atoms with Crippen LogP contribution in [-0.4, -0.2) is 62.7 Å². The molecule has 4 aromatic carbocycles. The predicted molar refractivity (Wildman–Crippen MR) is 192 cm³/mol. The first kappa shape index (κ1) is 38.5. The summed E-state index contributed by atoms with van der Waals surface area (Å²) in [7, 11) is -3.36. The average Bonchev–Trinajstić information content (AvgIpc) is 3.17. The van der Waals surface area contributed by atoms with Crippen molar-refractivity contribution in [3.8, 4) is 0 Å². The van der Waals surface area contributed by atoms with Gasteiger partial charge in [-0.2, -0.15) is 0 Å². The number of hydrogen-bond acceptors (Lipinski definition) is 10. The molecule has 0 aromatic heterocycles.